The van der Waals surface area contributed by atoms with Crippen molar-refractivity contribution in [2.45, 2.75) is 40.5 Å². The fourth-order valence-corrected chi connectivity index (χ4v) is 0.318. The molecular formula is C10H21NO2. The third-order valence-electron chi connectivity index (χ3n) is 1.21. The number of carbonyl (C=O) groups excluding carboxylic acids is 1. The van der Waals surface area contributed by atoms with E-state index >= 15 is 0 Å². The van der Waals surface area contributed by atoms with Crippen molar-refractivity contribution in [3.63, 3.8) is 0 Å². The van der Waals surface area contributed by atoms with Gasteiger partial charge in [-0.15, -0.1) is 0 Å². The van der Waals surface area contributed by atoms with Gasteiger partial charge >= 0.3 is 5.97 Å². The minimum atomic E-state index is -0.105. The topological polar surface area (TPSA) is 52.3 Å². The van der Waals surface area contributed by atoms with E-state index in [4.69, 9.17) is 10.5 Å². The van der Waals surface area contributed by atoms with Crippen LogP contribution < -0.4 is 5.73 Å². The number of hydrogen-bond acceptors (Lipinski definition) is 3. The number of ether oxygens (including phenoxy) is 1. The molecule has 13 heavy (non-hydrogen) atoms. The molecule has 0 fully saturated rings. The van der Waals surface area contributed by atoms with Crippen molar-refractivity contribution in [3.8, 4) is 0 Å². The zero-order valence-electron chi connectivity index (χ0n) is 9.09. The number of esters is 1. The summed E-state index contributed by atoms with van der Waals surface area (Å²) in [5.74, 6) is -0.105. The molecule has 0 atom stereocenters. The van der Waals surface area contributed by atoms with Crippen molar-refractivity contribution in [2.75, 3.05) is 6.61 Å². The third-order valence-corrected chi connectivity index (χ3v) is 1.21. The second kappa shape index (κ2) is 11.0. The van der Waals surface area contributed by atoms with Gasteiger partial charge in [-0.1, -0.05) is 19.9 Å². The third kappa shape index (κ3) is 18.2. The Morgan fingerprint density at radius 3 is 2.15 bits per heavy atom. The lowest BCUT2D eigenvalue weighted by molar-refractivity contribution is -0.143. The molecule has 0 aromatic carbocycles. The average Bonchev–Trinajstić information content (AvgIpc) is 2.15. The highest BCUT2D eigenvalue weighted by Gasteiger charge is 1.93. The number of carbonyl (C=O) groups is 1. The maximum atomic E-state index is 10.3. The predicted molar refractivity (Wildman–Crippen MR) is 55.2 cm³/mol. The first-order valence-corrected chi connectivity index (χ1v) is 4.62. The summed E-state index contributed by atoms with van der Waals surface area (Å²) in [6, 6.07) is 0. The molecule has 2 N–H and O–H groups in total. The van der Waals surface area contributed by atoms with Crippen LogP contribution in [0, 0.1) is 0 Å². The zero-order valence-corrected chi connectivity index (χ0v) is 9.09. The maximum absolute atomic E-state index is 10.3. The second-order valence-corrected chi connectivity index (χ2v) is 2.61. The molecular weight excluding hydrogens is 166 g/mol. The van der Waals surface area contributed by atoms with Gasteiger partial charge in [0.15, 0.2) is 0 Å². The van der Waals surface area contributed by atoms with Gasteiger partial charge in [0.25, 0.3) is 0 Å². The van der Waals surface area contributed by atoms with E-state index in [0.717, 1.165) is 12.1 Å². The first-order chi connectivity index (χ1) is 6.08. The summed E-state index contributed by atoms with van der Waals surface area (Å²) in [5, 5.41) is 0. The Balaban J connectivity index is 0. The van der Waals surface area contributed by atoms with Crippen LogP contribution in [0.2, 0.25) is 0 Å². The number of rotatable bonds is 3. The number of hydrogen-bond donors (Lipinski definition) is 1. The molecule has 0 aliphatic carbocycles. The molecule has 0 aromatic rings. The molecule has 0 saturated carbocycles. The molecule has 78 valence electrons. The molecule has 0 aromatic heterocycles. The average molecular weight is 187 g/mol. The van der Waals surface area contributed by atoms with Gasteiger partial charge in [0, 0.05) is 12.1 Å². The minimum Gasteiger partial charge on any atom is -0.466 e. The fourth-order valence-electron chi connectivity index (χ4n) is 0.318. The molecule has 0 aliphatic rings. The van der Waals surface area contributed by atoms with Gasteiger partial charge in [-0.3, -0.25) is 4.79 Å². The van der Waals surface area contributed by atoms with E-state index in [2.05, 4.69) is 0 Å². The van der Waals surface area contributed by atoms with E-state index in [-0.39, 0.29) is 5.97 Å². The highest BCUT2D eigenvalue weighted by Crippen LogP contribution is 1.85. The van der Waals surface area contributed by atoms with E-state index in [0.29, 0.717) is 13.0 Å². The first-order valence-electron chi connectivity index (χ1n) is 4.62. The van der Waals surface area contributed by atoms with Gasteiger partial charge in [0.2, 0.25) is 0 Å². The highest BCUT2D eigenvalue weighted by molar-refractivity contribution is 5.68. The molecule has 0 heterocycles. The summed E-state index contributed by atoms with van der Waals surface area (Å²) >= 11 is 0. The predicted octanol–water partition coefficient (Wildman–Crippen LogP) is 2.22. The lowest BCUT2D eigenvalue weighted by Crippen LogP contribution is -2.02. The molecule has 3 nitrogen and oxygen atoms in total. The molecule has 0 amide bonds. The Hall–Kier alpha value is -0.990. The van der Waals surface area contributed by atoms with E-state index < -0.39 is 0 Å². The van der Waals surface area contributed by atoms with Crippen LogP contribution in [0.15, 0.2) is 11.8 Å². The van der Waals surface area contributed by atoms with E-state index in [1.807, 2.05) is 26.8 Å². The van der Waals surface area contributed by atoms with Crippen molar-refractivity contribution in [2.24, 2.45) is 5.73 Å². The second-order valence-electron chi connectivity index (χ2n) is 2.61. The Bertz CT molecular complexity index is 149. The van der Waals surface area contributed by atoms with Gasteiger partial charge in [0.05, 0.1) is 6.61 Å². The van der Waals surface area contributed by atoms with Crippen LogP contribution in [0.25, 0.3) is 0 Å². The zero-order chi connectivity index (χ0) is 10.7. The van der Waals surface area contributed by atoms with Crippen molar-refractivity contribution < 1.29 is 9.53 Å². The maximum Gasteiger partial charge on any atom is 0.305 e. The van der Waals surface area contributed by atoms with Crippen molar-refractivity contribution in [1.29, 1.82) is 0 Å². The van der Waals surface area contributed by atoms with Crippen molar-refractivity contribution in [1.82, 2.24) is 0 Å². The summed E-state index contributed by atoms with van der Waals surface area (Å²) in [6.07, 6.45) is 3.26. The van der Waals surface area contributed by atoms with Crippen LogP contribution in [-0.4, -0.2) is 12.6 Å². The number of nitrogens with two attached hydrogens (primary N) is 1. The normalized spacial score (nSPS) is 10.0. The summed E-state index contributed by atoms with van der Waals surface area (Å²) in [5.41, 5.74) is 6.03. The Morgan fingerprint density at radius 1 is 1.46 bits per heavy atom. The molecule has 0 saturated heterocycles. The van der Waals surface area contributed by atoms with E-state index in [9.17, 15) is 4.79 Å². The van der Waals surface area contributed by atoms with E-state index in [1.54, 1.807) is 6.92 Å². The van der Waals surface area contributed by atoms with Crippen LogP contribution in [0.4, 0.5) is 0 Å². The smallest absolute Gasteiger partial charge is 0.305 e. The fraction of sp³-hybridized carbons (Fsp3) is 0.700. The molecule has 0 bridgehead atoms. The monoisotopic (exact) mass is 187 g/mol. The summed E-state index contributed by atoms with van der Waals surface area (Å²) < 4.78 is 4.70. The summed E-state index contributed by atoms with van der Waals surface area (Å²) in [6.45, 7) is 8.10. The van der Waals surface area contributed by atoms with Crippen LogP contribution in [0.3, 0.4) is 0 Å². The van der Waals surface area contributed by atoms with Gasteiger partial charge in [-0.2, -0.15) is 0 Å². The van der Waals surface area contributed by atoms with Crippen molar-refractivity contribution >= 4 is 5.97 Å². The van der Waals surface area contributed by atoms with Gasteiger partial charge < -0.3 is 10.5 Å². The van der Waals surface area contributed by atoms with Gasteiger partial charge in [-0.25, -0.2) is 0 Å². The summed E-state index contributed by atoms with van der Waals surface area (Å²) in [4.78, 5) is 10.3. The molecule has 0 aliphatic heterocycles. The Morgan fingerprint density at radius 2 is 1.92 bits per heavy atom. The molecule has 3 heteroatoms. The molecule has 0 spiro atoms. The van der Waals surface area contributed by atoms with Gasteiger partial charge in [0.1, 0.15) is 0 Å². The van der Waals surface area contributed by atoms with Crippen LogP contribution in [0.1, 0.15) is 40.5 Å². The lowest BCUT2D eigenvalue weighted by Gasteiger charge is -1.97. The summed E-state index contributed by atoms with van der Waals surface area (Å²) in [7, 11) is 0. The Labute approximate surface area is 81.0 Å². The van der Waals surface area contributed by atoms with Crippen LogP contribution in [0.5, 0.6) is 0 Å². The Kier molecular flexibility index (Phi) is 12.3. The largest absolute Gasteiger partial charge is 0.466 e. The molecule has 0 rings (SSSR count). The SMILES string of the molecule is CC=C(C)N.CCCOC(=O)CC. The van der Waals surface area contributed by atoms with Crippen molar-refractivity contribution in [3.05, 3.63) is 11.8 Å². The standard InChI is InChI=1S/C6H12O2.C4H9N/c1-3-5-8-6(7)4-2;1-3-4(2)5/h3-5H2,1-2H3;3H,5H2,1-2H3. The lowest BCUT2D eigenvalue weighted by atomic mass is 10.5. The highest BCUT2D eigenvalue weighted by atomic mass is 16.5. The first kappa shape index (κ1) is 14.5. The molecule has 0 radical (unpaired) electrons. The number of allylic oxidation sites excluding steroid dienone is 2. The quantitative estimate of drug-likeness (QED) is 0.689. The molecule has 0 unspecified atom stereocenters. The van der Waals surface area contributed by atoms with Crippen LogP contribution >= 0.6 is 0 Å². The minimum absolute atomic E-state index is 0.105. The van der Waals surface area contributed by atoms with Gasteiger partial charge in [-0.05, 0) is 20.3 Å². The van der Waals surface area contributed by atoms with E-state index in [1.165, 1.54) is 0 Å². The van der Waals surface area contributed by atoms with Crippen LogP contribution in [-0.2, 0) is 9.53 Å².